The van der Waals surface area contributed by atoms with Crippen LogP contribution in [0.2, 0.25) is 0 Å². The molecule has 2 unspecified atom stereocenters. The Kier molecular flexibility index (Phi) is 3.57. The van der Waals surface area contributed by atoms with E-state index in [2.05, 4.69) is 13.8 Å². The number of hydrogen-bond acceptors (Lipinski definition) is 2. The van der Waals surface area contributed by atoms with E-state index in [-0.39, 0.29) is 11.9 Å². The fraction of sp³-hybridized carbons (Fsp3) is 0.900. The zero-order valence-electron chi connectivity index (χ0n) is 8.01. The van der Waals surface area contributed by atoms with Crippen molar-refractivity contribution in [3.8, 4) is 0 Å². The van der Waals surface area contributed by atoms with Crippen molar-refractivity contribution in [2.75, 3.05) is 6.61 Å². The van der Waals surface area contributed by atoms with Gasteiger partial charge < -0.3 is 4.74 Å². The Bertz CT molecular complexity index is 154. The molecule has 2 rings (SSSR count). The fourth-order valence-corrected chi connectivity index (χ4v) is 1.84. The highest BCUT2D eigenvalue weighted by molar-refractivity contribution is 5.75. The molecule has 12 heavy (non-hydrogen) atoms. The number of carbonyl (C=O) groups is 1. The first-order valence-corrected chi connectivity index (χ1v) is 4.96. The van der Waals surface area contributed by atoms with Crippen LogP contribution in [0.15, 0.2) is 0 Å². The maximum atomic E-state index is 10.8. The van der Waals surface area contributed by atoms with E-state index in [4.69, 9.17) is 4.74 Å². The standard InChI is InChI=1S/C7H10O2.C3H8/c8-7-6-3-1-2-5(6)4-9-7;1-3-2/h5-6H,1-4H2;3H2,1-2H3. The molecule has 2 aliphatic rings. The molecule has 0 aromatic heterocycles. The second-order valence-electron chi connectivity index (χ2n) is 3.63. The molecule has 2 atom stereocenters. The third-order valence-corrected chi connectivity index (χ3v) is 2.40. The van der Waals surface area contributed by atoms with Crippen LogP contribution in [0.4, 0.5) is 0 Å². The van der Waals surface area contributed by atoms with Gasteiger partial charge in [0.25, 0.3) is 0 Å². The van der Waals surface area contributed by atoms with Crippen LogP contribution in [0.3, 0.4) is 0 Å². The van der Waals surface area contributed by atoms with Gasteiger partial charge >= 0.3 is 5.97 Å². The van der Waals surface area contributed by atoms with Gasteiger partial charge in [-0.25, -0.2) is 0 Å². The molecule has 0 bridgehead atoms. The summed E-state index contributed by atoms with van der Waals surface area (Å²) in [6.45, 7) is 4.95. The lowest BCUT2D eigenvalue weighted by Crippen LogP contribution is -2.07. The summed E-state index contributed by atoms with van der Waals surface area (Å²) in [4.78, 5) is 10.8. The topological polar surface area (TPSA) is 26.3 Å². The molecular formula is C10H18O2. The molecule has 0 amide bonds. The summed E-state index contributed by atoms with van der Waals surface area (Å²) in [7, 11) is 0. The summed E-state index contributed by atoms with van der Waals surface area (Å²) >= 11 is 0. The molecule has 1 saturated carbocycles. The molecule has 1 saturated heterocycles. The molecule has 2 heteroatoms. The van der Waals surface area contributed by atoms with Gasteiger partial charge in [0, 0.05) is 5.92 Å². The van der Waals surface area contributed by atoms with Crippen molar-refractivity contribution in [2.45, 2.75) is 39.5 Å². The zero-order chi connectivity index (χ0) is 8.97. The molecule has 0 N–H and O–H groups in total. The van der Waals surface area contributed by atoms with Crippen LogP contribution in [-0.4, -0.2) is 12.6 Å². The highest BCUT2D eigenvalue weighted by Gasteiger charge is 2.39. The normalized spacial score (nSPS) is 32.0. The lowest BCUT2D eigenvalue weighted by Gasteiger charge is -1.97. The highest BCUT2D eigenvalue weighted by Crippen LogP contribution is 2.36. The maximum absolute atomic E-state index is 10.8. The fourth-order valence-electron chi connectivity index (χ4n) is 1.84. The van der Waals surface area contributed by atoms with Crippen molar-refractivity contribution in [1.29, 1.82) is 0 Å². The second kappa shape index (κ2) is 4.48. The van der Waals surface area contributed by atoms with E-state index in [1.807, 2.05) is 0 Å². The van der Waals surface area contributed by atoms with E-state index in [0.717, 1.165) is 6.42 Å². The third-order valence-electron chi connectivity index (χ3n) is 2.40. The van der Waals surface area contributed by atoms with Gasteiger partial charge in [0.2, 0.25) is 0 Å². The van der Waals surface area contributed by atoms with E-state index in [0.29, 0.717) is 12.5 Å². The quantitative estimate of drug-likeness (QED) is 0.522. The van der Waals surface area contributed by atoms with Gasteiger partial charge in [0.1, 0.15) is 0 Å². The predicted octanol–water partition coefficient (Wildman–Crippen LogP) is 2.38. The van der Waals surface area contributed by atoms with Gasteiger partial charge in [-0.2, -0.15) is 0 Å². The molecule has 0 spiro atoms. The Morgan fingerprint density at radius 2 is 2.08 bits per heavy atom. The monoisotopic (exact) mass is 170 g/mol. The van der Waals surface area contributed by atoms with E-state index in [1.54, 1.807) is 0 Å². The third kappa shape index (κ3) is 1.99. The second-order valence-corrected chi connectivity index (χ2v) is 3.63. The number of ether oxygens (including phenoxy) is 1. The summed E-state index contributed by atoms with van der Waals surface area (Å²) in [5, 5.41) is 0. The number of hydrogen-bond donors (Lipinski definition) is 0. The molecule has 2 fully saturated rings. The summed E-state index contributed by atoms with van der Waals surface area (Å²) in [5.41, 5.74) is 0. The zero-order valence-corrected chi connectivity index (χ0v) is 8.01. The number of fused-ring (bicyclic) bond motifs is 1. The first-order chi connectivity index (χ1) is 5.79. The lowest BCUT2D eigenvalue weighted by atomic mass is 10.0. The van der Waals surface area contributed by atoms with E-state index < -0.39 is 0 Å². The highest BCUT2D eigenvalue weighted by atomic mass is 16.5. The number of cyclic esters (lactones) is 1. The Morgan fingerprint density at radius 1 is 1.42 bits per heavy atom. The van der Waals surface area contributed by atoms with E-state index in [9.17, 15) is 4.79 Å². The molecule has 0 aromatic carbocycles. The van der Waals surface area contributed by atoms with Gasteiger partial charge in [-0.15, -0.1) is 0 Å². The predicted molar refractivity (Wildman–Crippen MR) is 47.8 cm³/mol. The summed E-state index contributed by atoms with van der Waals surface area (Å²) < 4.78 is 4.88. The minimum atomic E-state index is 0.0532. The van der Waals surface area contributed by atoms with Gasteiger partial charge in [0.05, 0.1) is 12.5 Å². The average Bonchev–Trinajstić information content (AvgIpc) is 2.57. The lowest BCUT2D eigenvalue weighted by molar-refractivity contribution is -0.141. The van der Waals surface area contributed by atoms with Crippen molar-refractivity contribution >= 4 is 5.97 Å². The molecule has 1 aliphatic heterocycles. The Hall–Kier alpha value is -0.530. The van der Waals surface area contributed by atoms with Crippen molar-refractivity contribution in [3.63, 3.8) is 0 Å². The number of rotatable bonds is 0. The van der Waals surface area contributed by atoms with Crippen LogP contribution in [0.25, 0.3) is 0 Å². The summed E-state index contributed by atoms with van der Waals surface area (Å²) in [5.74, 6) is 0.917. The van der Waals surface area contributed by atoms with Crippen LogP contribution in [0.1, 0.15) is 39.5 Å². The molecular weight excluding hydrogens is 152 g/mol. The smallest absolute Gasteiger partial charge is 0.309 e. The number of carbonyl (C=O) groups excluding carboxylic acids is 1. The van der Waals surface area contributed by atoms with Crippen molar-refractivity contribution in [2.24, 2.45) is 11.8 Å². The molecule has 70 valence electrons. The van der Waals surface area contributed by atoms with Crippen LogP contribution >= 0.6 is 0 Å². The van der Waals surface area contributed by atoms with Gasteiger partial charge in [0.15, 0.2) is 0 Å². The molecule has 0 aromatic rings. The first-order valence-electron chi connectivity index (χ1n) is 4.96. The van der Waals surface area contributed by atoms with Crippen LogP contribution < -0.4 is 0 Å². The van der Waals surface area contributed by atoms with E-state index in [1.165, 1.54) is 19.3 Å². The summed E-state index contributed by atoms with van der Waals surface area (Å²) in [6.07, 6.45) is 4.75. The minimum Gasteiger partial charge on any atom is -0.465 e. The summed E-state index contributed by atoms with van der Waals surface area (Å²) in [6, 6.07) is 0. The van der Waals surface area contributed by atoms with Gasteiger partial charge in [-0.1, -0.05) is 26.7 Å². The average molecular weight is 170 g/mol. The van der Waals surface area contributed by atoms with Crippen LogP contribution in [-0.2, 0) is 9.53 Å². The molecule has 0 radical (unpaired) electrons. The van der Waals surface area contributed by atoms with Crippen molar-refractivity contribution in [1.82, 2.24) is 0 Å². The van der Waals surface area contributed by atoms with Gasteiger partial charge in [-0.05, 0) is 12.8 Å². The largest absolute Gasteiger partial charge is 0.465 e. The van der Waals surface area contributed by atoms with Crippen LogP contribution in [0.5, 0.6) is 0 Å². The Balaban J connectivity index is 0.000000213. The van der Waals surface area contributed by atoms with E-state index >= 15 is 0 Å². The Morgan fingerprint density at radius 3 is 2.67 bits per heavy atom. The van der Waals surface area contributed by atoms with Crippen molar-refractivity contribution < 1.29 is 9.53 Å². The molecule has 1 heterocycles. The molecule has 2 nitrogen and oxygen atoms in total. The van der Waals surface area contributed by atoms with Gasteiger partial charge in [-0.3, -0.25) is 4.79 Å². The molecule has 1 aliphatic carbocycles. The van der Waals surface area contributed by atoms with Crippen LogP contribution in [0, 0.1) is 11.8 Å². The minimum absolute atomic E-state index is 0.0532. The SMILES string of the molecule is CCC.O=C1OCC2CCCC12. The number of esters is 1. The maximum Gasteiger partial charge on any atom is 0.309 e. The first kappa shape index (κ1) is 9.56. The van der Waals surface area contributed by atoms with Crippen molar-refractivity contribution in [3.05, 3.63) is 0 Å². The Labute approximate surface area is 74.3 Å².